The molecule has 0 N–H and O–H groups in total. The van der Waals surface area contributed by atoms with Crippen molar-refractivity contribution in [2.75, 3.05) is 0 Å². The molecule has 3 rings (SSSR count). The molecule has 0 saturated heterocycles. The van der Waals surface area contributed by atoms with Crippen molar-refractivity contribution < 1.29 is 9.18 Å². The van der Waals surface area contributed by atoms with Crippen LogP contribution >= 0.6 is 0 Å². The summed E-state index contributed by atoms with van der Waals surface area (Å²) in [6, 6.07) is 13.9. The monoisotopic (exact) mass is 295 g/mol. The van der Waals surface area contributed by atoms with Crippen LogP contribution in [0.15, 0.2) is 53.5 Å². The lowest BCUT2D eigenvalue weighted by Crippen LogP contribution is -2.29. The van der Waals surface area contributed by atoms with Crippen molar-refractivity contribution in [1.82, 2.24) is 0 Å². The molecular weight excluding hydrogens is 277 g/mol. The third-order valence-electron chi connectivity index (χ3n) is 3.86. The quantitative estimate of drug-likeness (QED) is 0.779. The summed E-state index contributed by atoms with van der Waals surface area (Å²) in [5, 5.41) is 0. The lowest BCUT2D eigenvalue weighted by molar-refractivity contribution is 0.1000. The Kier molecular flexibility index (Phi) is 3.65. The summed E-state index contributed by atoms with van der Waals surface area (Å²) in [7, 11) is 0. The van der Waals surface area contributed by atoms with Crippen molar-refractivity contribution in [3.05, 3.63) is 71.0 Å². The minimum Gasteiger partial charge on any atom is -0.294 e. The summed E-state index contributed by atoms with van der Waals surface area (Å²) in [6.07, 6.45) is 1.06. The second kappa shape index (κ2) is 5.48. The van der Waals surface area contributed by atoms with E-state index in [-0.39, 0.29) is 17.7 Å². The summed E-state index contributed by atoms with van der Waals surface area (Å²) < 4.78 is 13.3. The Hall–Kier alpha value is -2.29. The average Bonchev–Trinajstić information content (AvgIpc) is 2.46. The predicted molar refractivity (Wildman–Crippen MR) is 86.1 cm³/mol. The van der Waals surface area contributed by atoms with Gasteiger partial charge in [-0.25, -0.2) is 4.39 Å². The molecule has 2 aromatic rings. The van der Waals surface area contributed by atoms with Crippen LogP contribution in [-0.4, -0.2) is 17.0 Å². The van der Waals surface area contributed by atoms with Crippen LogP contribution in [0.2, 0.25) is 0 Å². The molecule has 2 aromatic carbocycles. The minimum atomic E-state index is -0.392. The molecule has 2 nitrogen and oxygen atoms in total. The fourth-order valence-electron chi connectivity index (χ4n) is 2.94. The first-order valence-electron chi connectivity index (χ1n) is 7.40. The first-order chi connectivity index (χ1) is 10.4. The number of aliphatic imine (C=N–C) groups is 1. The van der Waals surface area contributed by atoms with E-state index in [1.165, 1.54) is 17.7 Å². The van der Waals surface area contributed by atoms with Crippen LogP contribution in [0.3, 0.4) is 0 Å². The summed E-state index contributed by atoms with van der Waals surface area (Å²) >= 11 is 0. The van der Waals surface area contributed by atoms with Crippen molar-refractivity contribution in [3.8, 4) is 0 Å². The van der Waals surface area contributed by atoms with Gasteiger partial charge in [0.2, 0.25) is 0 Å². The molecule has 0 bridgehead atoms. The molecule has 22 heavy (non-hydrogen) atoms. The fourth-order valence-corrected chi connectivity index (χ4v) is 2.94. The minimum absolute atomic E-state index is 0.106. The van der Waals surface area contributed by atoms with E-state index in [1.807, 2.05) is 18.2 Å². The van der Waals surface area contributed by atoms with Crippen LogP contribution in [0.1, 0.15) is 41.8 Å². The van der Waals surface area contributed by atoms with Crippen LogP contribution in [0.5, 0.6) is 0 Å². The highest BCUT2D eigenvalue weighted by molar-refractivity contribution is 6.16. The molecule has 0 aliphatic carbocycles. The number of Topliss-reactive ketones (excluding diaryl/α,β-unsaturated/α-hetero) is 1. The van der Waals surface area contributed by atoms with Crippen LogP contribution in [-0.2, 0) is 6.42 Å². The van der Waals surface area contributed by atoms with Gasteiger partial charge < -0.3 is 0 Å². The van der Waals surface area contributed by atoms with Crippen molar-refractivity contribution >= 4 is 11.5 Å². The number of benzene rings is 2. The Morgan fingerprint density at radius 3 is 2.73 bits per heavy atom. The van der Waals surface area contributed by atoms with Gasteiger partial charge in [0.15, 0.2) is 5.78 Å². The Morgan fingerprint density at radius 1 is 1.18 bits per heavy atom. The molecule has 0 saturated carbocycles. The van der Waals surface area contributed by atoms with Gasteiger partial charge in [0.25, 0.3) is 0 Å². The molecule has 1 heterocycles. The molecule has 1 aliphatic heterocycles. The van der Waals surface area contributed by atoms with E-state index in [2.05, 4.69) is 19.9 Å². The van der Waals surface area contributed by atoms with E-state index >= 15 is 0 Å². The maximum atomic E-state index is 13.3. The zero-order valence-electron chi connectivity index (χ0n) is 12.8. The Bertz CT molecular complexity index is 762. The van der Waals surface area contributed by atoms with Crippen LogP contribution in [0, 0.1) is 5.82 Å². The lowest BCUT2D eigenvalue weighted by Gasteiger charge is -2.29. The third kappa shape index (κ3) is 2.98. The average molecular weight is 295 g/mol. The van der Waals surface area contributed by atoms with Crippen LogP contribution in [0.4, 0.5) is 4.39 Å². The van der Waals surface area contributed by atoms with Crippen molar-refractivity contribution in [3.63, 3.8) is 0 Å². The summed E-state index contributed by atoms with van der Waals surface area (Å²) in [6.45, 7) is 4.13. The molecule has 0 atom stereocenters. The number of ketones is 1. The van der Waals surface area contributed by atoms with Gasteiger partial charge in [-0.1, -0.05) is 36.4 Å². The van der Waals surface area contributed by atoms with Gasteiger partial charge in [-0.15, -0.1) is 0 Å². The lowest BCUT2D eigenvalue weighted by atomic mass is 9.85. The van der Waals surface area contributed by atoms with E-state index in [4.69, 9.17) is 4.99 Å². The molecule has 0 fully saturated rings. The Balaban J connectivity index is 1.93. The number of fused-ring (bicyclic) bond motifs is 1. The smallest absolute Gasteiger partial charge is 0.168 e. The first-order valence-corrected chi connectivity index (χ1v) is 7.40. The first kappa shape index (κ1) is 14.6. The van der Waals surface area contributed by atoms with E-state index in [0.29, 0.717) is 5.56 Å². The number of carbonyl (C=O) groups is 1. The number of hydrogen-bond acceptors (Lipinski definition) is 2. The molecule has 112 valence electrons. The summed E-state index contributed by atoms with van der Waals surface area (Å²) in [4.78, 5) is 17.2. The van der Waals surface area contributed by atoms with E-state index in [1.54, 1.807) is 12.1 Å². The largest absolute Gasteiger partial charge is 0.294 e. The van der Waals surface area contributed by atoms with Gasteiger partial charge in [0, 0.05) is 5.56 Å². The Labute approximate surface area is 129 Å². The molecule has 0 spiro atoms. The molecular formula is C19H18FNO. The van der Waals surface area contributed by atoms with E-state index in [0.717, 1.165) is 17.7 Å². The SMILES string of the molecule is CC1(C)Cc2ccccc2C(CC(=O)c2cccc(F)c2)=N1. The van der Waals surface area contributed by atoms with Crippen LogP contribution < -0.4 is 0 Å². The molecule has 0 amide bonds. The van der Waals surface area contributed by atoms with Crippen LogP contribution in [0.25, 0.3) is 0 Å². The number of rotatable bonds is 3. The second-order valence-electron chi connectivity index (χ2n) is 6.32. The van der Waals surface area contributed by atoms with Gasteiger partial charge in [-0.3, -0.25) is 9.79 Å². The molecule has 0 radical (unpaired) electrons. The summed E-state index contributed by atoms with van der Waals surface area (Å²) in [5.74, 6) is -0.497. The highest BCUT2D eigenvalue weighted by Gasteiger charge is 2.27. The second-order valence-corrected chi connectivity index (χ2v) is 6.32. The highest BCUT2D eigenvalue weighted by atomic mass is 19.1. The van der Waals surface area contributed by atoms with Gasteiger partial charge in [-0.2, -0.15) is 0 Å². The normalized spacial score (nSPS) is 15.9. The topological polar surface area (TPSA) is 29.4 Å². The van der Waals surface area contributed by atoms with E-state index < -0.39 is 5.82 Å². The maximum Gasteiger partial charge on any atom is 0.168 e. The van der Waals surface area contributed by atoms with Crippen molar-refractivity contribution in [2.45, 2.75) is 32.2 Å². The molecule has 0 unspecified atom stereocenters. The van der Waals surface area contributed by atoms with Gasteiger partial charge in [-0.05, 0) is 43.5 Å². The van der Waals surface area contributed by atoms with Gasteiger partial charge in [0.1, 0.15) is 5.82 Å². The summed E-state index contributed by atoms with van der Waals surface area (Å²) in [5.41, 5.74) is 3.21. The predicted octanol–water partition coefficient (Wildman–Crippen LogP) is 4.22. The van der Waals surface area contributed by atoms with E-state index in [9.17, 15) is 9.18 Å². The van der Waals surface area contributed by atoms with Crippen molar-refractivity contribution in [2.24, 2.45) is 4.99 Å². The number of carbonyl (C=O) groups excluding carboxylic acids is 1. The van der Waals surface area contributed by atoms with Gasteiger partial charge >= 0.3 is 0 Å². The maximum absolute atomic E-state index is 13.3. The molecule has 3 heteroatoms. The highest BCUT2D eigenvalue weighted by Crippen LogP contribution is 2.28. The zero-order valence-corrected chi connectivity index (χ0v) is 12.8. The number of hydrogen-bond donors (Lipinski definition) is 0. The van der Waals surface area contributed by atoms with Crippen molar-refractivity contribution in [1.29, 1.82) is 0 Å². The third-order valence-corrected chi connectivity index (χ3v) is 3.86. The number of halogens is 1. The Morgan fingerprint density at radius 2 is 1.95 bits per heavy atom. The molecule has 1 aliphatic rings. The zero-order chi connectivity index (χ0) is 15.7. The fraction of sp³-hybridized carbons (Fsp3) is 0.263. The number of nitrogens with zero attached hydrogens (tertiary/aromatic N) is 1. The van der Waals surface area contributed by atoms with Gasteiger partial charge in [0.05, 0.1) is 17.7 Å². The standard InChI is InChI=1S/C19H18FNO/c1-19(2)12-14-6-3-4-9-16(14)17(21-19)11-18(22)13-7-5-8-15(20)10-13/h3-10H,11-12H2,1-2H3. The molecule has 0 aromatic heterocycles.